The molecule has 2 nitrogen and oxygen atoms in total. The molecule has 2 rings (SSSR count). The molecular formula is C17H25NO. The molecule has 0 aromatic heterocycles. The van der Waals surface area contributed by atoms with E-state index in [0.717, 1.165) is 12.8 Å². The van der Waals surface area contributed by atoms with Gasteiger partial charge >= 0.3 is 0 Å². The van der Waals surface area contributed by atoms with Crippen molar-refractivity contribution in [2.75, 3.05) is 6.54 Å². The minimum absolute atomic E-state index is 0.367. The summed E-state index contributed by atoms with van der Waals surface area (Å²) in [6.07, 6.45) is 5.90. The summed E-state index contributed by atoms with van der Waals surface area (Å²) in [5, 5.41) is 0. The van der Waals surface area contributed by atoms with Gasteiger partial charge in [-0.25, -0.2) is 0 Å². The van der Waals surface area contributed by atoms with Gasteiger partial charge in [0.05, 0.1) is 0 Å². The lowest BCUT2D eigenvalue weighted by atomic mass is 9.79. The van der Waals surface area contributed by atoms with E-state index in [-0.39, 0.29) is 0 Å². The SMILES string of the molecule is CCC(CN)CC(=O)CC1CCCc2ccccc21. The van der Waals surface area contributed by atoms with Crippen molar-refractivity contribution in [2.45, 2.75) is 51.4 Å². The van der Waals surface area contributed by atoms with Crippen LogP contribution in [0, 0.1) is 5.92 Å². The van der Waals surface area contributed by atoms with E-state index in [1.165, 1.54) is 24.0 Å². The van der Waals surface area contributed by atoms with Gasteiger partial charge in [0.2, 0.25) is 0 Å². The van der Waals surface area contributed by atoms with E-state index >= 15 is 0 Å². The number of rotatable bonds is 6. The summed E-state index contributed by atoms with van der Waals surface area (Å²) < 4.78 is 0. The Morgan fingerprint density at radius 2 is 2.21 bits per heavy atom. The monoisotopic (exact) mass is 259 g/mol. The predicted octanol–water partition coefficient (Wildman–Crippen LogP) is 3.44. The molecule has 1 aromatic carbocycles. The van der Waals surface area contributed by atoms with Gasteiger partial charge in [0, 0.05) is 12.8 Å². The highest BCUT2D eigenvalue weighted by atomic mass is 16.1. The summed E-state index contributed by atoms with van der Waals surface area (Å²) in [7, 11) is 0. The van der Waals surface area contributed by atoms with Gasteiger partial charge in [-0.1, -0.05) is 37.6 Å². The predicted molar refractivity (Wildman–Crippen MR) is 79.2 cm³/mol. The van der Waals surface area contributed by atoms with Crippen LogP contribution in [0.15, 0.2) is 24.3 Å². The number of benzene rings is 1. The van der Waals surface area contributed by atoms with E-state index in [9.17, 15) is 4.79 Å². The molecule has 2 heteroatoms. The van der Waals surface area contributed by atoms with Crippen molar-refractivity contribution in [1.82, 2.24) is 0 Å². The first-order chi connectivity index (χ1) is 9.24. The van der Waals surface area contributed by atoms with Crippen LogP contribution in [-0.2, 0) is 11.2 Å². The zero-order chi connectivity index (χ0) is 13.7. The number of hydrogen-bond donors (Lipinski definition) is 1. The topological polar surface area (TPSA) is 43.1 Å². The van der Waals surface area contributed by atoms with Gasteiger partial charge in [-0.05, 0) is 48.8 Å². The molecule has 0 spiro atoms. The maximum Gasteiger partial charge on any atom is 0.133 e. The number of Topliss-reactive ketones (excluding diaryl/α,β-unsaturated/α-hetero) is 1. The molecule has 2 unspecified atom stereocenters. The van der Waals surface area contributed by atoms with Crippen LogP contribution in [0.5, 0.6) is 0 Å². The lowest BCUT2D eigenvalue weighted by molar-refractivity contribution is -0.120. The first-order valence-electron chi connectivity index (χ1n) is 7.54. The van der Waals surface area contributed by atoms with E-state index in [0.29, 0.717) is 37.0 Å². The quantitative estimate of drug-likeness (QED) is 0.850. The smallest absolute Gasteiger partial charge is 0.133 e. The molecule has 0 saturated heterocycles. The number of nitrogens with two attached hydrogens (primary N) is 1. The van der Waals surface area contributed by atoms with Crippen LogP contribution in [-0.4, -0.2) is 12.3 Å². The summed E-state index contributed by atoms with van der Waals surface area (Å²) in [5.41, 5.74) is 8.54. The van der Waals surface area contributed by atoms with Crippen LogP contribution < -0.4 is 5.73 Å². The van der Waals surface area contributed by atoms with Crippen molar-refractivity contribution in [3.8, 4) is 0 Å². The average molecular weight is 259 g/mol. The van der Waals surface area contributed by atoms with Crippen molar-refractivity contribution < 1.29 is 4.79 Å². The molecule has 0 aliphatic heterocycles. The first-order valence-corrected chi connectivity index (χ1v) is 7.54. The molecule has 19 heavy (non-hydrogen) atoms. The fraction of sp³-hybridized carbons (Fsp3) is 0.588. The molecule has 0 radical (unpaired) electrons. The molecule has 2 atom stereocenters. The number of carbonyl (C=O) groups is 1. The third-order valence-corrected chi connectivity index (χ3v) is 4.39. The van der Waals surface area contributed by atoms with Crippen LogP contribution in [0.4, 0.5) is 0 Å². The lowest BCUT2D eigenvalue weighted by Crippen LogP contribution is -2.20. The van der Waals surface area contributed by atoms with E-state index in [4.69, 9.17) is 5.73 Å². The maximum atomic E-state index is 12.2. The highest BCUT2D eigenvalue weighted by Gasteiger charge is 2.23. The molecule has 0 fully saturated rings. The number of ketones is 1. The molecule has 1 aliphatic carbocycles. The Kier molecular flexibility index (Phi) is 5.15. The highest BCUT2D eigenvalue weighted by molar-refractivity contribution is 5.79. The van der Waals surface area contributed by atoms with Crippen LogP contribution in [0.3, 0.4) is 0 Å². The summed E-state index contributed by atoms with van der Waals surface area (Å²) in [4.78, 5) is 12.2. The molecule has 0 heterocycles. The molecule has 2 N–H and O–H groups in total. The van der Waals surface area contributed by atoms with Gasteiger partial charge in [-0.3, -0.25) is 4.79 Å². The Morgan fingerprint density at radius 3 is 2.95 bits per heavy atom. The standard InChI is InChI=1S/C17H25NO/c1-2-13(12-18)10-16(19)11-15-8-5-7-14-6-3-4-9-17(14)15/h3-4,6,9,13,15H,2,5,7-8,10-12,18H2,1H3. The van der Waals surface area contributed by atoms with Gasteiger partial charge in [0.15, 0.2) is 0 Å². The van der Waals surface area contributed by atoms with E-state index < -0.39 is 0 Å². The number of fused-ring (bicyclic) bond motifs is 1. The summed E-state index contributed by atoms with van der Waals surface area (Å²) in [5.74, 6) is 1.19. The second-order valence-electron chi connectivity index (χ2n) is 5.74. The van der Waals surface area contributed by atoms with Crippen LogP contribution >= 0.6 is 0 Å². The number of aryl methyl sites for hydroxylation is 1. The molecule has 1 aliphatic rings. The molecule has 104 valence electrons. The largest absolute Gasteiger partial charge is 0.330 e. The van der Waals surface area contributed by atoms with Crippen molar-refractivity contribution >= 4 is 5.78 Å². The summed E-state index contributed by atoms with van der Waals surface area (Å²) in [6.45, 7) is 2.74. The first kappa shape index (κ1) is 14.3. The molecule has 0 bridgehead atoms. The molecular weight excluding hydrogens is 234 g/mol. The number of carbonyl (C=O) groups excluding carboxylic acids is 1. The fourth-order valence-corrected chi connectivity index (χ4v) is 3.14. The van der Waals surface area contributed by atoms with E-state index in [1.807, 2.05) is 0 Å². The zero-order valence-corrected chi connectivity index (χ0v) is 11.9. The minimum Gasteiger partial charge on any atom is -0.330 e. The molecule has 1 aromatic rings. The minimum atomic E-state index is 0.367. The van der Waals surface area contributed by atoms with Crippen LogP contribution in [0.25, 0.3) is 0 Å². The van der Waals surface area contributed by atoms with Gasteiger partial charge in [0.25, 0.3) is 0 Å². The van der Waals surface area contributed by atoms with Gasteiger partial charge in [0.1, 0.15) is 5.78 Å². The normalized spacial score (nSPS) is 19.8. The third kappa shape index (κ3) is 3.66. The third-order valence-electron chi connectivity index (χ3n) is 4.39. The van der Waals surface area contributed by atoms with Crippen molar-refractivity contribution in [1.29, 1.82) is 0 Å². The van der Waals surface area contributed by atoms with Crippen molar-refractivity contribution in [3.05, 3.63) is 35.4 Å². The van der Waals surface area contributed by atoms with Crippen LogP contribution in [0.1, 0.15) is 56.1 Å². The second kappa shape index (κ2) is 6.85. The lowest BCUT2D eigenvalue weighted by Gasteiger charge is -2.25. The second-order valence-corrected chi connectivity index (χ2v) is 5.74. The van der Waals surface area contributed by atoms with Gasteiger partial charge in [-0.15, -0.1) is 0 Å². The Labute approximate surface area is 116 Å². The summed E-state index contributed by atoms with van der Waals surface area (Å²) in [6, 6.07) is 8.61. The van der Waals surface area contributed by atoms with E-state index in [1.54, 1.807) is 0 Å². The Morgan fingerprint density at radius 1 is 1.42 bits per heavy atom. The number of hydrogen-bond acceptors (Lipinski definition) is 2. The Bertz CT molecular complexity index is 423. The highest BCUT2D eigenvalue weighted by Crippen LogP contribution is 2.34. The zero-order valence-electron chi connectivity index (χ0n) is 11.9. The fourth-order valence-electron chi connectivity index (χ4n) is 3.14. The van der Waals surface area contributed by atoms with Crippen molar-refractivity contribution in [2.24, 2.45) is 11.7 Å². The van der Waals surface area contributed by atoms with Gasteiger partial charge in [-0.2, -0.15) is 0 Å². The van der Waals surface area contributed by atoms with Crippen LogP contribution in [0.2, 0.25) is 0 Å². The Balaban J connectivity index is 1.99. The maximum absolute atomic E-state index is 12.2. The van der Waals surface area contributed by atoms with Gasteiger partial charge < -0.3 is 5.73 Å². The molecule has 0 amide bonds. The molecule has 0 saturated carbocycles. The van der Waals surface area contributed by atoms with Crippen molar-refractivity contribution in [3.63, 3.8) is 0 Å². The Hall–Kier alpha value is -1.15. The summed E-state index contributed by atoms with van der Waals surface area (Å²) >= 11 is 0. The van der Waals surface area contributed by atoms with E-state index in [2.05, 4.69) is 31.2 Å². The average Bonchev–Trinajstić information content (AvgIpc) is 2.45.